The van der Waals surface area contributed by atoms with E-state index in [2.05, 4.69) is 0 Å². The van der Waals surface area contributed by atoms with Gasteiger partial charge in [0.15, 0.2) is 5.43 Å². The Morgan fingerprint density at radius 1 is 1.17 bits per heavy atom. The maximum absolute atomic E-state index is 12.8. The maximum Gasteiger partial charge on any atom is 0.197 e. The van der Waals surface area contributed by atoms with E-state index in [0.29, 0.717) is 28.3 Å². The number of aliphatic hydroxyl groups excluding tert-OH is 1. The predicted molar refractivity (Wildman–Crippen MR) is 114 cm³/mol. The smallest absolute Gasteiger partial charge is 0.197 e. The third-order valence-electron chi connectivity index (χ3n) is 5.51. The zero-order chi connectivity index (χ0) is 20.0. The third kappa shape index (κ3) is 3.69. The topological polar surface area (TPSA) is 94.1 Å². The van der Waals surface area contributed by atoms with Crippen LogP contribution in [0.2, 0.25) is 5.02 Å². The Morgan fingerprint density at radius 2 is 1.86 bits per heavy atom. The van der Waals surface area contributed by atoms with Crippen LogP contribution in [0.4, 0.5) is 0 Å². The molecule has 1 aromatic heterocycles. The van der Waals surface area contributed by atoms with Crippen molar-refractivity contribution in [2.24, 2.45) is 0 Å². The molecule has 1 aliphatic rings. The van der Waals surface area contributed by atoms with E-state index in [-0.39, 0.29) is 53.4 Å². The summed E-state index contributed by atoms with van der Waals surface area (Å²) in [4.78, 5) is 14.8. The molecule has 1 saturated heterocycles. The van der Waals surface area contributed by atoms with Crippen molar-refractivity contribution in [1.82, 2.24) is 4.90 Å². The molecule has 6 nitrogen and oxygen atoms in total. The largest absolute Gasteiger partial charge is 0.507 e. The van der Waals surface area contributed by atoms with Crippen molar-refractivity contribution in [3.05, 3.63) is 57.2 Å². The highest BCUT2D eigenvalue weighted by Gasteiger charge is 2.36. The van der Waals surface area contributed by atoms with Gasteiger partial charge in [0.1, 0.15) is 28.2 Å². The Labute approximate surface area is 178 Å². The molecule has 3 N–H and O–H groups in total. The van der Waals surface area contributed by atoms with Gasteiger partial charge in [-0.2, -0.15) is 0 Å². The summed E-state index contributed by atoms with van der Waals surface area (Å²) in [5.41, 5.74) is 0.828. The summed E-state index contributed by atoms with van der Waals surface area (Å²) in [6.45, 7) is 0.642. The molecule has 2 aromatic carbocycles. The number of hydrogen-bond donors (Lipinski definition) is 3. The molecule has 0 radical (unpaired) electrons. The molecule has 0 amide bonds. The van der Waals surface area contributed by atoms with E-state index in [1.54, 1.807) is 24.3 Å². The van der Waals surface area contributed by atoms with Gasteiger partial charge in [-0.05, 0) is 44.3 Å². The van der Waals surface area contributed by atoms with Crippen LogP contribution in [0.3, 0.4) is 0 Å². The zero-order valence-electron chi connectivity index (χ0n) is 15.6. The van der Waals surface area contributed by atoms with E-state index in [1.165, 1.54) is 12.1 Å². The monoisotopic (exact) mass is 437 g/mol. The Morgan fingerprint density at radius 3 is 2.52 bits per heavy atom. The summed E-state index contributed by atoms with van der Waals surface area (Å²) in [6.07, 6.45) is 0.685. The molecule has 0 spiro atoms. The normalized spacial score (nSPS) is 19.4. The lowest BCUT2D eigenvalue weighted by Gasteiger charge is -2.24. The van der Waals surface area contributed by atoms with Crippen LogP contribution in [0.5, 0.6) is 11.5 Å². The average Bonchev–Trinajstić information content (AvgIpc) is 3.01. The molecule has 3 aromatic rings. The first-order valence-electron chi connectivity index (χ1n) is 9.00. The fourth-order valence-electron chi connectivity index (χ4n) is 4.05. The van der Waals surface area contributed by atoms with Crippen LogP contribution >= 0.6 is 24.0 Å². The minimum absolute atomic E-state index is 0. The molecule has 0 bridgehead atoms. The van der Waals surface area contributed by atoms with Crippen molar-refractivity contribution in [3.63, 3.8) is 0 Å². The summed E-state index contributed by atoms with van der Waals surface area (Å²) < 4.78 is 6.04. The minimum Gasteiger partial charge on any atom is -0.507 e. The number of aliphatic hydroxyl groups is 1. The van der Waals surface area contributed by atoms with E-state index >= 15 is 0 Å². The number of aromatic hydroxyl groups is 2. The first-order valence-corrected chi connectivity index (χ1v) is 9.38. The molecular weight excluding hydrogens is 417 g/mol. The number of phenols is 2. The van der Waals surface area contributed by atoms with Crippen molar-refractivity contribution >= 4 is 35.0 Å². The van der Waals surface area contributed by atoms with Gasteiger partial charge in [-0.3, -0.25) is 4.79 Å². The van der Waals surface area contributed by atoms with Gasteiger partial charge in [0, 0.05) is 40.2 Å². The van der Waals surface area contributed by atoms with Gasteiger partial charge in [-0.1, -0.05) is 11.6 Å². The van der Waals surface area contributed by atoms with Crippen molar-refractivity contribution in [2.75, 3.05) is 20.2 Å². The summed E-state index contributed by atoms with van der Waals surface area (Å²) in [5.74, 6) is -0.409. The Balaban J connectivity index is 0.00000240. The van der Waals surface area contributed by atoms with Gasteiger partial charge >= 0.3 is 0 Å². The molecule has 2 heterocycles. The van der Waals surface area contributed by atoms with Crippen LogP contribution in [-0.4, -0.2) is 46.5 Å². The highest BCUT2D eigenvalue weighted by atomic mass is 35.5. The van der Waals surface area contributed by atoms with Crippen molar-refractivity contribution < 1.29 is 19.7 Å². The zero-order valence-corrected chi connectivity index (χ0v) is 17.2. The van der Waals surface area contributed by atoms with Crippen molar-refractivity contribution in [2.45, 2.75) is 18.4 Å². The van der Waals surface area contributed by atoms with Crippen LogP contribution in [0.25, 0.3) is 22.3 Å². The first-order chi connectivity index (χ1) is 13.4. The van der Waals surface area contributed by atoms with Crippen molar-refractivity contribution in [3.8, 4) is 22.8 Å². The van der Waals surface area contributed by atoms with Crippen LogP contribution in [0, 0.1) is 0 Å². The quantitative estimate of drug-likeness (QED) is 0.577. The van der Waals surface area contributed by atoms with Gasteiger partial charge in [-0.25, -0.2) is 0 Å². The molecule has 1 fully saturated rings. The molecule has 154 valence electrons. The lowest BCUT2D eigenvalue weighted by molar-refractivity contribution is 0.172. The van der Waals surface area contributed by atoms with Gasteiger partial charge in [-0.15, -0.1) is 12.4 Å². The standard InChI is InChI=1S/C21H20ClNO5.ClH/c1-23-7-6-13(14(23)10-24)19-15(25)8-16(26)20-17(27)9-18(28-21(19)20)11-2-4-12(22)5-3-11;/h2-5,8-9,13-14,24-26H,6-7,10H2,1H3;1H/t13-,14+;/m1./s1. The number of nitrogens with zero attached hydrogens (tertiary/aromatic N) is 1. The summed E-state index contributed by atoms with van der Waals surface area (Å²) in [5, 5.41) is 31.3. The highest BCUT2D eigenvalue weighted by Crippen LogP contribution is 2.44. The van der Waals surface area contributed by atoms with Gasteiger partial charge in [0.2, 0.25) is 0 Å². The number of hydrogen-bond acceptors (Lipinski definition) is 6. The van der Waals surface area contributed by atoms with Crippen LogP contribution in [0.15, 0.2) is 45.6 Å². The number of rotatable bonds is 3. The highest BCUT2D eigenvalue weighted by molar-refractivity contribution is 6.30. The summed E-state index contributed by atoms with van der Waals surface area (Å²) in [6, 6.07) is 9.11. The van der Waals surface area contributed by atoms with E-state index < -0.39 is 5.43 Å². The van der Waals surface area contributed by atoms with E-state index in [4.69, 9.17) is 16.0 Å². The molecule has 2 atom stereocenters. The van der Waals surface area contributed by atoms with Crippen LogP contribution in [-0.2, 0) is 0 Å². The lowest BCUT2D eigenvalue weighted by Crippen LogP contribution is -2.32. The SMILES string of the molecule is CN1CC[C@@H](c2c(O)cc(O)c3c(=O)cc(-c4ccc(Cl)cc4)oc23)[C@@H]1CO.Cl. The predicted octanol–water partition coefficient (Wildman–Crippen LogP) is 3.73. The summed E-state index contributed by atoms with van der Waals surface area (Å²) in [7, 11) is 1.90. The van der Waals surface area contributed by atoms with E-state index in [9.17, 15) is 20.1 Å². The van der Waals surface area contributed by atoms with Gasteiger partial charge in [0.25, 0.3) is 0 Å². The molecule has 0 aliphatic carbocycles. The third-order valence-corrected chi connectivity index (χ3v) is 5.76. The lowest BCUT2D eigenvalue weighted by atomic mass is 9.89. The number of phenolic OH excluding ortho intramolecular Hbond substituents is 2. The second kappa shape index (κ2) is 8.24. The van der Waals surface area contributed by atoms with E-state index in [1.807, 2.05) is 11.9 Å². The molecular formula is C21H21Cl2NO5. The Bertz CT molecular complexity index is 1100. The number of benzene rings is 2. The fraction of sp³-hybridized carbons (Fsp3) is 0.286. The van der Waals surface area contributed by atoms with Gasteiger partial charge in [0.05, 0.1) is 6.61 Å². The minimum atomic E-state index is -0.406. The van der Waals surface area contributed by atoms with Crippen LogP contribution < -0.4 is 5.43 Å². The average molecular weight is 438 g/mol. The van der Waals surface area contributed by atoms with Crippen molar-refractivity contribution in [1.29, 1.82) is 0 Å². The fourth-order valence-corrected chi connectivity index (χ4v) is 4.17. The molecule has 8 heteroatoms. The number of halogens is 2. The first kappa shape index (κ1) is 21.5. The van der Waals surface area contributed by atoms with Gasteiger partial charge < -0.3 is 24.6 Å². The number of likely N-dealkylation sites (tertiary alicyclic amines) is 1. The molecule has 4 rings (SSSR count). The summed E-state index contributed by atoms with van der Waals surface area (Å²) >= 11 is 5.94. The molecule has 1 aliphatic heterocycles. The number of fused-ring (bicyclic) bond motifs is 1. The maximum atomic E-state index is 12.8. The van der Waals surface area contributed by atoms with E-state index in [0.717, 1.165) is 6.54 Å². The Kier molecular flexibility index (Phi) is 6.10. The van der Waals surface area contributed by atoms with Crippen LogP contribution in [0.1, 0.15) is 17.9 Å². The number of likely N-dealkylation sites (N-methyl/N-ethyl adjacent to an activating group) is 1. The second-order valence-corrected chi connectivity index (χ2v) is 7.58. The molecule has 0 unspecified atom stereocenters. The molecule has 29 heavy (non-hydrogen) atoms. The Hall–Kier alpha value is -2.25. The molecule has 0 saturated carbocycles. The second-order valence-electron chi connectivity index (χ2n) is 7.14.